The van der Waals surface area contributed by atoms with E-state index in [9.17, 15) is 0 Å². The topological polar surface area (TPSA) is 65.1 Å². The molecule has 20 heavy (non-hydrogen) atoms. The van der Waals surface area contributed by atoms with E-state index < -0.39 is 0 Å². The number of benzene rings is 1. The Bertz CT molecular complexity index is 550. The molecule has 0 saturated heterocycles. The van der Waals surface area contributed by atoms with Gasteiger partial charge in [0.15, 0.2) is 0 Å². The van der Waals surface area contributed by atoms with E-state index in [1.54, 1.807) is 7.11 Å². The minimum absolute atomic E-state index is 0.0145. The van der Waals surface area contributed by atoms with Crippen LogP contribution in [0.2, 0.25) is 0 Å². The van der Waals surface area contributed by atoms with Crippen LogP contribution in [-0.2, 0) is 6.42 Å². The molecule has 0 radical (unpaired) electrons. The summed E-state index contributed by atoms with van der Waals surface area (Å²) >= 11 is 0. The Kier molecular flexibility index (Phi) is 4.76. The Morgan fingerprint density at radius 3 is 2.75 bits per heavy atom. The van der Waals surface area contributed by atoms with Gasteiger partial charge in [-0.15, -0.1) is 0 Å². The number of hydrogen-bond donors (Lipinski definition) is 2. The van der Waals surface area contributed by atoms with Crippen LogP contribution in [-0.4, -0.2) is 16.9 Å². The second-order valence-electron chi connectivity index (χ2n) is 5.08. The number of nitrogens with two attached hydrogens (primary N) is 1. The fourth-order valence-corrected chi connectivity index (χ4v) is 2.11. The van der Waals surface area contributed by atoms with Gasteiger partial charge in [-0.3, -0.25) is 16.0 Å². The van der Waals surface area contributed by atoms with Gasteiger partial charge in [0.25, 0.3) is 0 Å². The van der Waals surface area contributed by atoms with Crippen molar-refractivity contribution in [2.45, 2.75) is 32.4 Å². The third-order valence-corrected chi connectivity index (χ3v) is 3.30. The van der Waals surface area contributed by atoms with Crippen molar-refractivity contribution >= 4 is 0 Å². The molecule has 0 aliphatic rings. The summed E-state index contributed by atoms with van der Waals surface area (Å²) in [5, 5.41) is 4.56. The Balaban J connectivity index is 2.15. The van der Waals surface area contributed by atoms with E-state index in [1.807, 2.05) is 41.2 Å². The fraction of sp³-hybridized carbons (Fsp3) is 0.400. The van der Waals surface area contributed by atoms with Gasteiger partial charge in [-0.25, -0.2) is 0 Å². The van der Waals surface area contributed by atoms with Crippen LogP contribution in [0.25, 0.3) is 0 Å². The smallest absolute Gasteiger partial charge is 0.119 e. The lowest BCUT2D eigenvalue weighted by molar-refractivity contribution is 0.413. The van der Waals surface area contributed by atoms with Crippen molar-refractivity contribution in [3.05, 3.63) is 47.8 Å². The van der Waals surface area contributed by atoms with E-state index in [-0.39, 0.29) is 6.04 Å². The third-order valence-electron chi connectivity index (χ3n) is 3.30. The van der Waals surface area contributed by atoms with E-state index in [2.05, 4.69) is 24.4 Å². The summed E-state index contributed by atoms with van der Waals surface area (Å²) in [5.41, 5.74) is 4.96. The monoisotopic (exact) mass is 274 g/mol. The Morgan fingerprint density at radius 1 is 1.35 bits per heavy atom. The molecular weight excluding hydrogens is 252 g/mol. The second kappa shape index (κ2) is 6.54. The van der Waals surface area contributed by atoms with Gasteiger partial charge in [0, 0.05) is 18.7 Å². The lowest BCUT2D eigenvalue weighted by Gasteiger charge is -2.16. The SMILES string of the molecule is COc1cccc(C(Cc2ccn(C(C)C)n2)NN)c1. The summed E-state index contributed by atoms with van der Waals surface area (Å²) in [6, 6.07) is 10.3. The summed E-state index contributed by atoms with van der Waals surface area (Å²) < 4.78 is 7.20. The van der Waals surface area contributed by atoms with Crippen LogP contribution in [0.3, 0.4) is 0 Å². The number of aromatic nitrogens is 2. The van der Waals surface area contributed by atoms with E-state index in [4.69, 9.17) is 10.6 Å². The van der Waals surface area contributed by atoms with E-state index in [0.29, 0.717) is 6.04 Å². The van der Waals surface area contributed by atoms with Crippen molar-refractivity contribution in [2.24, 2.45) is 5.84 Å². The number of ether oxygens (including phenoxy) is 1. The average molecular weight is 274 g/mol. The number of nitrogens with one attached hydrogen (secondary N) is 1. The summed E-state index contributed by atoms with van der Waals surface area (Å²) in [6.07, 6.45) is 2.74. The maximum absolute atomic E-state index is 5.69. The Labute approximate surface area is 119 Å². The van der Waals surface area contributed by atoms with Gasteiger partial charge in [-0.05, 0) is 37.6 Å². The molecule has 5 heteroatoms. The molecule has 5 nitrogen and oxygen atoms in total. The number of methoxy groups -OCH3 is 1. The van der Waals surface area contributed by atoms with Gasteiger partial charge in [0.2, 0.25) is 0 Å². The standard InChI is InChI=1S/C15H22N4O/c1-11(2)19-8-7-13(18-19)10-15(17-16)12-5-4-6-14(9-12)20-3/h4-9,11,15,17H,10,16H2,1-3H3. The highest BCUT2D eigenvalue weighted by Crippen LogP contribution is 2.21. The molecule has 1 aromatic carbocycles. The van der Waals surface area contributed by atoms with Crippen molar-refractivity contribution in [2.75, 3.05) is 7.11 Å². The molecule has 1 aromatic heterocycles. The number of hydrogen-bond acceptors (Lipinski definition) is 4. The zero-order valence-corrected chi connectivity index (χ0v) is 12.2. The van der Waals surface area contributed by atoms with Crippen LogP contribution in [0.4, 0.5) is 0 Å². The van der Waals surface area contributed by atoms with Crippen molar-refractivity contribution in [1.29, 1.82) is 0 Å². The molecule has 2 rings (SSSR count). The first-order chi connectivity index (χ1) is 9.63. The molecule has 0 amide bonds. The first kappa shape index (κ1) is 14.6. The van der Waals surface area contributed by atoms with Crippen LogP contribution in [0.1, 0.15) is 37.2 Å². The molecule has 108 valence electrons. The molecular formula is C15H22N4O. The van der Waals surface area contributed by atoms with E-state index in [0.717, 1.165) is 23.4 Å². The van der Waals surface area contributed by atoms with E-state index in [1.165, 1.54) is 0 Å². The molecule has 1 atom stereocenters. The summed E-state index contributed by atoms with van der Waals surface area (Å²) in [4.78, 5) is 0. The summed E-state index contributed by atoms with van der Waals surface area (Å²) in [7, 11) is 1.66. The van der Waals surface area contributed by atoms with E-state index >= 15 is 0 Å². The summed E-state index contributed by atoms with van der Waals surface area (Å²) in [5.74, 6) is 6.51. The van der Waals surface area contributed by atoms with Gasteiger partial charge >= 0.3 is 0 Å². The maximum atomic E-state index is 5.69. The predicted octanol–water partition coefficient (Wildman–Crippen LogP) is 2.22. The minimum atomic E-state index is 0.0145. The quantitative estimate of drug-likeness (QED) is 0.626. The maximum Gasteiger partial charge on any atom is 0.119 e. The first-order valence-electron chi connectivity index (χ1n) is 6.78. The van der Waals surface area contributed by atoms with Gasteiger partial charge in [-0.1, -0.05) is 12.1 Å². The Morgan fingerprint density at radius 2 is 2.15 bits per heavy atom. The second-order valence-corrected chi connectivity index (χ2v) is 5.08. The van der Waals surface area contributed by atoms with Crippen LogP contribution >= 0.6 is 0 Å². The van der Waals surface area contributed by atoms with Gasteiger partial charge in [-0.2, -0.15) is 5.10 Å². The third kappa shape index (κ3) is 3.37. The highest BCUT2D eigenvalue weighted by molar-refractivity contribution is 5.31. The van der Waals surface area contributed by atoms with Gasteiger partial charge < -0.3 is 4.74 Å². The molecule has 1 unspecified atom stereocenters. The van der Waals surface area contributed by atoms with Crippen LogP contribution in [0.15, 0.2) is 36.5 Å². The summed E-state index contributed by atoms with van der Waals surface area (Å²) in [6.45, 7) is 4.22. The van der Waals surface area contributed by atoms with Crippen LogP contribution in [0, 0.1) is 0 Å². The molecule has 0 saturated carbocycles. The molecule has 3 N–H and O–H groups in total. The highest BCUT2D eigenvalue weighted by atomic mass is 16.5. The molecule has 0 aliphatic heterocycles. The molecule has 0 fully saturated rings. The number of nitrogens with zero attached hydrogens (tertiary/aromatic N) is 2. The van der Waals surface area contributed by atoms with Gasteiger partial charge in [0.1, 0.15) is 5.75 Å². The lowest BCUT2D eigenvalue weighted by atomic mass is 10.0. The molecule has 0 spiro atoms. The highest BCUT2D eigenvalue weighted by Gasteiger charge is 2.13. The lowest BCUT2D eigenvalue weighted by Crippen LogP contribution is -2.29. The Hall–Kier alpha value is -1.85. The normalized spacial score (nSPS) is 12.7. The molecule has 0 bridgehead atoms. The molecule has 1 heterocycles. The van der Waals surface area contributed by atoms with Crippen molar-refractivity contribution in [3.8, 4) is 5.75 Å². The molecule has 0 aliphatic carbocycles. The predicted molar refractivity (Wildman–Crippen MR) is 79.4 cm³/mol. The fourth-order valence-electron chi connectivity index (χ4n) is 2.11. The molecule has 2 aromatic rings. The number of hydrazine groups is 1. The van der Waals surface area contributed by atoms with Crippen molar-refractivity contribution < 1.29 is 4.74 Å². The van der Waals surface area contributed by atoms with Crippen LogP contribution in [0.5, 0.6) is 5.75 Å². The van der Waals surface area contributed by atoms with Crippen molar-refractivity contribution in [3.63, 3.8) is 0 Å². The number of rotatable bonds is 6. The zero-order chi connectivity index (χ0) is 14.5. The van der Waals surface area contributed by atoms with Crippen LogP contribution < -0.4 is 16.0 Å². The minimum Gasteiger partial charge on any atom is -0.497 e. The zero-order valence-electron chi connectivity index (χ0n) is 12.2. The largest absolute Gasteiger partial charge is 0.497 e. The van der Waals surface area contributed by atoms with Gasteiger partial charge in [0.05, 0.1) is 18.8 Å². The van der Waals surface area contributed by atoms with Crippen molar-refractivity contribution in [1.82, 2.24) is 15.2 Å². The first-order valence-corrected chi connectivity index (χ1v) is 6.78. The average Bonchev–Trinajstić information content (AvgIpc) is 2.93.